The summed E-state index contributed by atoms with van der Waals surface area (Å²) in [5.41, 5.74) is 2.65. The second-order valence-corrected chi connectivity index (χ2v) is 13.9. The van der Waals surface area contributed by atoms with Crippen LogP contribution in [0, 0.1) is 11.6 Å². The average Bonchev–Trinajstić information content (AvgIpc) is 3.20. The van der Waals surface area contributed by atoms with Crippen LogP contribution < -0.4 is 8.15 Å². The van der Waals surface area contributed by atoms with Crippen LogP contribution in [0.25, 0.3) is 21.3 Å². The van der Waals surface area contributed by atoms with Gasteiger partial charge in [-0.05, 0) is 0 Å². The molecule has 0 amide bonds. The molecular weight excluding hydrogens is 570 g/mol. The summed E-state index contributed by atoms with van der Waals surface area (Å²) in [6.07, 6.45) is 0.431. The van der Waals surface area contributed by atoms with Gasteiger partial charge in [0.05, 0.1) is 0 Å². The van der Waals surface area contributed by atoms with Crippen LogP contribution in [0.5, 0.6) is 0 Å². The SMILES string of the molecule is CC[C@H]([As]C(=O)c1ccc(-c2ccc([As]c3nc4ccc(F)cc4s3)c(F)c2)cc1)C(=O)O. The number of thiazole rings is 1. The van der Waals surface area contributed by atoms with Gasteiger partial charge in [-0.3, -0.25) is 0 Å². The fourth-order valence-electron chi connectivity index (χ4n) is 3.16. The van der Waals surface area contributed by atoms with Crippen LogP contribution >= 0.6 is 11.3 Å². The first-order valence-corrected chi connectivity index (χ1v) is 14.7. The predicted octanol–water partition coefficient (Wildman–Crippen LogP) is 4.02. The molecule has 0 fully saturated rings. The summed E-state index contributed by atoms with van der Waals surface area (Å²) in [5.74, 6) is -1.57. The third-order valence-electron chi connectivity index (χ3n) is 4.91. The number of halogens is 2. The Morgan fingerprint density at radius 3 is 2.42 bits per heavy atom. The molecular formula is C24H17As2F2NO3S. The van der Waals surface area contributed by atoms with E-state index in [2.05, 4.69) is 4.98 Å². The number of fused-ring (bicyclic) bond motifs is 1. The molecule has 0 saturated carbocycles. The Morgan fingerprint density at radius 1 is 1.03 bits per heavy atom. The van der Waals surface area contributed by atoms with E-state index in [-0.39, 0.29) is 16.2 Å². The molecule has 2 radical (unpaired) electrons. The van der Waals surface area contributed by atoms with Crippen molar-refractivity contribution in [3.05, 3.63) is 77.9 Å². The second kappa shape index (κ2) is 10.3. The zero-order valence-corrected chi connectivity index (χ0v) is 21.9. The van der Waals surface area contributed by atoms with Gasteiger partial charge in [0.25, 0.3) is 0 Å². The van der Waals surface area contributed by atoms with Gasteiger partial charge in [0.15, 0.2) is 0 Å². The van der Waals surface area contributed by atoms with Gasteiger partial charge in [-0.1, -0.05) is 0 Å². The number of carbonyl (C=O) groups excluding carboxylic acids is 1. The van der Waals surface area contributed by atoms with E-state index in [4.69, 9.17) is 0 Å². The first-order chi connectivity index (χ1) is 15.8. The van der Waals surface area contributed by atoms with Crippen molar-refractivity contribution in [3.63, 3.8) is 0 Å². The number of rotatable bonds is 8. The quantitative estimate of drug-likeness (QED) is 0.317. The van der Waals surface area contributed by atoms with Crippen LogP contribution in [0.4, 0.5) is 8.78 Å². The number of hydrogen-bond donors (Lipinski definition) is 1. The Labute approximate surface area is 206 Å². The van der Waals surface area contributed by atoms with Gasteiger partial charge in [0.1, 0.15) is 0 Å². The molecule has 9 heteroatoms. The molecule has 4 rings (SSSR count). The molecule has 0 aliphatic rings. The van der Waals surface area contributed by atoms with Crippen molar-refractivity contribution in [2.45, 2.75) is 18.1 Å². The number of aromatic nitrogens is 1. The number of carboxylic acids is 1. The van der Waals surface area contributed by atoms with E-state index in [0.29, 0.717) is 27.4 Å². The topological polar surface area (TPSA) is 67.3 Å². The monoisotopic (exact) mass is 587 g/mol. The number of nitrogens with zero attached hydrogens (tertiary/aromatic N) is 1. The second-order valence-electron chi connectivity index (χ2n) is 7.16. The third-order valence-corrected chi connectivity index (χ3v) is 11.6. The van der Waals surface area contributed by atoms with Crippen molar-refractivity contribution in [3.8, 4) is 11.1 Å². The summed E-state index contributed by atoms with van der Waals surface area (Å²) >= 11 is -0.279. The first kappa shape index (κ1) is 23.8. The number of hydrogen-bond acceptors (Lipinski definition) is 4. The van der Waals surface area contributed by atoms with E-state index >= 15 is 0 Å². The molecule has 0 bridgehead atoms. The van der Waals surface area contributed by atoms with Gasteiger partial charge < -0.3 is 0 Å². The number of carboxylic acid groups (broad SMARTS) is 1. The normalized spacial score (nSPS) is 12.8. The molecule has 166 valence electrons. The fourth-order valence-corrected chi connectivity index (χ4v) is 8.62. The summed E-state index contributed by atoms with van der Waals surface area (Å²) in [6.45, 7) is 1.77. The van der Waals surface area contributed by atoms with Gasteiger partial charge in [0, 0.05) is 0 Å². The summed E-state index contributed by atoms with van der Waals surface area (Å²) in [4.78, 5) is 28.1. The Morgan fingerprint density at radius 2 is 1.76 bits per heavy atom. The van der Waals surface area contributed by atoms with Crippen molar-refractivity contribution < 1.29 is 23.5 Å². The Balaban J connectivity index is 1.49. The number of benzene rings is 3. The molecule has 0 aliphatic heterocycles. The molecule has 4 nitrogen and oxygen atoms in total. The number of aliphatic carboxylic acids is 1. The zero-order chi connectivity index (χ0) is 23.5. The molecule has 1 aromatic heterocycles. The van der Waals surface area contributed by atoms with Crippen molar-refractivity contribution >= 4 is 71.7 Å². The maximum atomic E-state index is 14.8. The maximum absolute atomic E-state index is 14.8. The predicted molar refractivity (Wildman–Crippen MR) is 128 cm³/mol. The Bertz CT molecular complexity index is 1340. The minimum atomic E-state index is -0.990. The molecule has 0 unspecified atom stereocenters. The van der Waals surface area contributed by atoms with Crippen LogP contribution in [0.15, 0.2) is 60.7 Å². The average molecular weight is 587 g/mol. The molecule has 3 aromatic carbocycles. The number of carbonyl (C=O) groups is 2. The zero-order valence-electron chi connectivity index (χ0n) is 17.3. The molecule has 0 spiro atoms. The van der Waals surface area contributed by atoms with Crippen LogP contribution in [-0.2, 0) is 4.79 Å². The van der Waals surface area contributed by atoms with E-state index in [0.717, 1.165) is 14.1 Å². The standard InChI is InChI=1S/C24H17As2F2NO3S/c1-2-17(23(31)32)25-22(30)14-5-3-13(4-6-14)15-7-9-18(19(28)11-15)26-24-29-20-10-8-16(27)12-21(20)33-24/h3-12,17H,2H2,1H3,(H,31,32)/t17-/m0/s1. The first-order valence-electron chi connectivity index (χ1n) is 10.00. The molecule has 0 aliphatic carbocycles. The van der Waals surface area contributed by atoms with Gasteiger partial charge in [0.2, 0.25) is 0 Å². The Kier molecular flexibility index (Phi) is 7.43. The summed E-state index contributed by atoms with van der Waals surface area (Å²) < 4.78 is 29.6. The van der Waals surface area contributed by atoms with Crippen LogP contribution in [-0.4, -0.2) is 52.1 Å². The summed E-state index contributed by atoms with van der Waals surface area (Å²) in [7, 11) is 0. The van der Waals surface area contributed by atoms with Crippen LogP contribution in [0.1, 0.15) is 23.7 Å². The van der Waals surface area contributed by atoms with Crippen molar-refractivity contribution in [1.29, 1.82) is 0 Å². The van der Waals surface area contributed by atoms with E-state index < -0.39 is 42.2 Å². The molecule has 1 N–H and O–H groups in total. The van der Waals surface area contributed by atoms with Crippen LogP contribution in [0.2, 0.25) is 4.71 Å². The van der Waals surface area contributed by atoms with Crippen molar-refractivity contribution in [1.82, 2.24) is 4.98 Å². The minimum absolute atomic E-state index is 0.131. The summed E-state index contributed by atoms with van der Waals surface area (Å²) in [5, 5.41) is 9.17. The molecule has 33 heavy (non-hydrogen) atoms. The van der Waals surface area contributed by atoms with Crippen LogP contribution in [0.3, 0.4) is 0 Å². The van der Waals surface area contributed by atoms with E-state index in [1.165, 1.54) is 29.5 Å². The molecule has 0 saturated heterocycles. The van der Waals surface area contributed by atoms with E-state index in [1.54, 1.807) is 43.3 Å². The summed E-state index contributed by atoms with van der Waals surface area (Å²) in [6, 6.07) is 16.3. The molecule has 1 heterocycles. The Hall–Kier alpha value is -2.33. The third kappa shape index (κ3) is 5.60. The fraction of sp³-hybridized carbons (Fsp3) is 0.125. The van der Waals surface area contributed by atoms with E-state index in [9.17, 15) is 23.5 Å². The van der Waals surface area contributed by atoms with Gasteiger partial charge >= 0.3 is 207 Å². The van der Waals surface area contributed by atoms with Gasteiger partial charge in [-0.25, -0.2) is 0 Å². The van der Waals surface area contributed by atoms with Gasteiger partial charge in [-0.2, -0.15) is 0 Å². The molecule has 1 atom stereocenters. The van der Waals surface area contributed by atoms with Crippen molar-refractivity contribution in [2.75, 3.05) is 0 Å². The van der Waals surface area contributed by atoms with Crippen molar-refractivity contribution in [2.24, 2.45) is 0 Å². The van der Waals surface area contributed by atoms with Gasteiger partial charge in [-0.15, -0.1) is 0 Å². The van der Waals surface area contributed by atoms with E-state index in [1.807, 2.05) is 6.07 Å². The molecule has 4 aromatic rings.